The maximum absolute atomic E-state index is 15.4. The fourth-order valence-electron chi connectivity index (χ4n) is 8.09. The lowest BCUT2D eigenvalue weighted by Gasteiger charge is -2.28. The molecule has 2 N–H and O–H groups in total. The van der Waals surface area contributed by atoms with Gasteiger partial charge in [0.25, 0.3) is 0 Å². The number of phenols is 1. The van der Waals surface area contributed by atoms with Crippen LogP contribution in [0.1, 0.15) is 111 Å². The lowest BCUT2D eigenvalue weighted by Crippen LogP contribution is -2.31. The van der Waals surface area contributed by atoms with E-state index in [-0.39, 0.29) is 16.6 Å². The van der Waals surface area contributed by atoms with Crippen LogP contribution in [0.2, 0.25) is 0 Å². The van der Waals surface area contributed by atoms with Crippen molar-refractivity contribution in [1.82, 2.24) is 4.98 Å². The Morgan fingerprint density at radius 3 is 1.88 bits per heavy atom. The number of phenolic OH excluding ortho intramolecular Hbond substituents is 1. The fourth-order valence-corrected chi connectivity index (χ4v) is 8.09. The highest BCUT2D eigenvalue weighted by Gasteiger charge is 2.46. The Bertz CT molecular complexity index is 2240. The molecular weight excluding hydrogens is 642 g/mol. The molecule has 7 heteroatoms. The smallest absolute Gasteiger partial charge is 0.507 e. The Morgan fingerprint density at radius 2 is 1.38 bits per heavy atom. The van der Waals surface area contributed by atoms with Crippen molar-refractivity contribution < 1.29 is 14.0 Å². The summed E-state index contributed by atoms with van der Waals surface area (Å²) in [6, 6.07) is 15.3. The van der Waals surface area contributed by atoms with Crippen molar-refractivity contribution in [2.45, 2.75) is 107 Å². The van der Waals surface area contributed by atoms with Gasteiger partial charge in [-0.25, -0.2) is 14.9 Å². The van der Waals surface area contributed by atoms with Gasteiger partial charge in [0, 0.05) is 41.3 Å². The summed E-state index contributed by atoms with van der Waals surface area (Å²) in [5.41, 5.74) is 14.8. The first-order chi connectivity index (χ1) is 24.2. The third kappa shape index (κ3) is 6.66. The number of nitrogens with one attached hydrogen (secondary N) is 1. The summed E-state index contributed by atoms with van der Waals surface area (Å²) in [6.45, 7) is 25.9. The summed E-state index contributed by atoms with van der Waals surface area (Å²) in [7, 11) is 0. The van der Waals surface area contributed by atoms with Gasteiger partial charge in [-0.05, 0) is 97.4 Å². The van der Waals surface area contributed by atoms with E-state index in [4.69, 9.17) is 0 Å². The van der Waals surface area contributed by atoms with Gasteiger partial charge < -0.3 is 10.1 Å². The van der Waals surface area contributed by atoms with Crippen LogP contribution in [0.25, 0.3) is 16.7 Å². The van der Waals surface area contributed by atoms with E-state index < -0.39 is 6.85 Å². The second kappa shape index (κ2) is 13.8. The normalized spacial score (nSPS) is 14.5. The van der Waals surface area contributed by atoms with Gasteiger partial charge in [0.15, 0.2) is 11.4 Å². The summed E-state index contributed by atoms with van der Waals surface area (Å²) in [4.78, 5) is 3.66. The Morgan fingerprint density at radius 1 is 0.846 bits per heavy atom. The molecule has 1 aliphatic heterocycles. The number of H-pyrrole nitrogens is 1. The first kappa shape index (κ1) is 38.1. The number of benzene rings is 3. The fraction of sp³-hybridized carbons (Fsp3) is 0.356. The van der Waals surface area contributed by atoms with E-state index in [2.05, 4.69) is 110 Å². The topological polar surface area (TPSA) is 86.6 Å². The molecule has 3 aromatic carbocycles. The van der Waals surface area contributed by atoms with Crippen LogP contribution in [-0.4, -0.2) is 27.1 Å². The minimum absolute atomic E-state index is 0.297. The van der Waals surface area contributed by atoms with E-state index in [0.717, 1.165) is 89.6 Å². The molecule has 0 unspecified atom stereocenters. The van der Waals surface area contributed by atoms with Gasteiger partial charge in [-0.1, -0.05) is 89.6 Å². The summed E-state index contributed by atoms with van der Waals surface area (Å²) >= 11 is 0. The number of nitrogens with zero attached hydrogens (tertiary/aromatic N) is 3. The molecule has 0 amide bonds. The maximum atomic E-state index is 15.4. The zero-order valence-electron chi connectivity index (χ0n) is 33.1. The highest BCUT2D eigenvalue weighted by molar-refractivity contribution is 6.67. The Hall–Kier alpha value is -5.14. The van der Waals surface area contributed by atoms with Crippen LogP contribution >= 0.6 is 0 Å². The Balaban J connectivity index is 1.93. The number of rotatable bonds is 6. The molecule has 0 atom stereocenters. The molecular formula is C45H51BFN4O+. The lowest BCUT2D eigenvalue weighted by molar-refractivity contribution is -0.314. The average Bonchev–Trinajstić information content (AvgIpc) is 3.46. The quantitative estimate of drug-likeness (QED) is 0.197. The number of aromatic nitrogens is 1. The molecule has 0 saturated heterocycles. The second-order valence-corrected chi connectivity index (χ2v) is 16.5. The number of allylic oxidation sites excluding steroid dienone is 2. The van der Waals surface area contributed by atoms with Gasteiger partial charge in [0.05, 0.1) is 11.3 Å². The minimum atomic E-state index is -1.10. The lowest BCUT2D eigenvalue weighted by atomic mass is 9.64. The van der Waals surface area contributed by atoms with E-state index in [1.165, 1.54) is 6.07 Å². The number of halogens is 1. The molecule has 52 heavy (non-hydrogen) atoms. The first-order valence-corrected chi connectivity index (χ1v) is 18.0. The summed E-state index contributed by atoms with van der Waals surface area (Å²) in [6.07, 6.45) is 0.538. The molecule has 5 rings (SSSR count). The molecule has 0 fully saturated rings. The summed E-state index contributed by atoms with van der Waals surface area (Å²) < 4.78 is 17.3. The molecule has 0 saturated carbocycles. The number of aromatic amines is 1. The Labute approximate surface area is 310 Å². The van der Waals surface area contributed by atoms with E-state index in [9.17, 15) is 15.6 Å². The van der Waals surface area contributed by atoms with Crippen molar-refractivity contribution in [2.24, 2.45) is 0 Å². The van der Waals surface area contributed by atoms with Gasteiger partial charge in [0.1, 0.15) is 23.5 Å². The molecule has 2 heterocycles. The van der Waals surface area contributed by atoms with E-state index >= 15 is 4.39 Å². The number of aryl methyl sites for hydroxylation is 4. The zero-order valence-corrected chi connectivity index (χ0v) is 33.1. The van der Waals surface area contributed by atoms with Gasteiger partial charge in [-0.2, -0.15) is 0 Å². The highest BCUT2D eigenvalue weighted by atomic mass is 19.1. The van der Waals surface area contributed by atoms with Gasteiger partial charge in [0.2, 0.25) is 0 Å². The van der Waals surface area contributed by atoms with Crippen LogP contribution in [-0.2, 0) is 17.3 Å². The van der Waals surface area contributed by atoms with Gasteiger partial charge in [-0.3, -0.25) is 4.49 Å². The number of hydrogen-bond donors (Lipinski definition) is 2. The molecule has 5 nitrogen and oxygen atoms in total. The maximum Gasteiger partial charge on any atom is 0.719 e. The predicted molar refractivity (Wildman–Crippen MR) is 212 cm³/mol. The molecule has 0 bridgehead atoms. The Kier molecular flexibility index (Phi) is 10.1. The molecule has 0 aliphatic carbocycles. The largest absolute Gasteiger partial charge is 0.719 e. The van der Waals surface area contributed by atoms with Crippen molar-refractivity contribution in [3.05, 3.63) is 127 Å². The average molecular weight is 694 g/mol. The number of nitriles is 2. The van der Waals surface area contributed by atoms with Crippen molar-refractivity contribution >= 4 is 18.1 Å². The predicted octanol–water partition coefficient (Wildman–Crippen LogP) is 10.6. The van der Waals surface area contributed by atoms with Crippen molar-refractivity contribution in [3.8, 4) is 28.8 Å². The van der Waals surface area contributed by atoms with Crippen LogP contribution in [0, 0.1) is 62.9 Å². The SMILES string of the molecule is CC1=C(Cc2cc(C(C)(C)C)c(O)c(C(C)(C)C)c2)C(C)=[N+](B(C#N)C#N)/C1=C(\c1[nH]c(C)c(-c2ccccc2F)c1C)c1c(C)cc(C)cc1C. The van der Waals surface area contributed by atoms with Gasteiger partial charge in [-0.15, -0.1) is 0 Å². The number of hydrogen-bond acceptors (Lipinski definition) is 3. The molecule has 4 aromatic rings. The van der Waals surface area contributed by atoms with Gasteiger partial charge >= 0.3 is 6.85 Å². The van der Waals surface area contributed by atoms with Crippen molar-refractivity contribution in [3.63, 3.8) is 0 Å². The molecule has 0 spiro atoms. The third-order valence-electron chi connectivity index (χ3n) is 10.5. The van der Waals surface area contributed by atoms with Crippen LogP contribution in [0.15, 0.2) is 65.4 Å². The number of aromatic hydroxyl groups is 1. The molecule has 266 valence electrons. The summed E-state index contributed by atoms with van der Waals surface area (Å²) in [5, 5.41) is 32.4. The van der Waals surface area contributed by atoms with Crippen LogP contribution in [0.4, 0.5) is 4.39 Å². The monoisotopic (exact) mass is 693 g/mol. The molecule has 1 aliphatic rings. The molecule has 1 aromatic heterocycles. The van der Waals surface area contributed by atoms with Crippen molar-refractivity contribution in [2.75, 3.05) is 0 Å². The standard InChI is InChI=1S/C45H50BFN4O/c1-25-18-26(2)38(27(3)19-25)40(41-29(5)39(30(6)50-41)33-16-14-15-17-37(33)47)42-28(4)34(31(7)51(42)46(23-48)24-49)20-32-21-35(44(8,9)10)43(52)36(22-32)45(11,12)13/h14-19,21-22,52H,20H2,1-13H3/p+1. The van der Waals surface area contributed by atoms with E-state index in [0.29, 0.717) is 17.7 Å². The van der Waals surface area contributed by atoms with E-state index in [1.807, 2.05) is 31.3 Å². The van der Waals surface area contributed by atoms with Crippen LogP contribution in [0.3, 0.4) is 0 Å². The minimum Gasteiger partial charge on any atom is -0.507 e. The van der Waals surface area contributed by atoms with Crippen LogP contribution in [0.5, 0.6) is 5.75 Å². The third-order valence-corrected chi connectivity index (χ3v) is 10.5. The first-order valence-electron chi connectivity index (χ1n) is 18.0. The van der Waals surface area contributed by atoms with Crippen LogP contribution < -0.4 is 0 Å². The highest BCUT2D eigenvalue weighted by Crippen LogP contribution is 2.45. The second-order valence-electron chi connectivity index (χ2n) is 16.5. The molecule has 0 radical (unpaired) electrons. The summed E-state index contributed by atoms with van der Waals surface area (Å²) in [5.74, 6) is 4.58. The zero-order chi connectivity index (χ0) is 38.6. The van der Waals surface area contributed by atoms with Crippen molar-refractivity contribution in [1.29, 1.82) is 10.5 Å². The van der Waals surface area contributed by atoms with E-state index in [1.54, 1.807) is 12.1 Å².